The second-order valence-electron chi connectivity index (χ2n) is 4.05. The molecule has 0 radical (unpaired) electrons. The van der Waals surface area contributed by atoms with Gasteiger partial charge in [-0.05, 0) is 27.2 Å². The van der Waals surface area contributed by atoms with Gasteiger partial charge in [0.25, 0.3) is 0 Å². The molecule has 0 fully saturated rings. The molecule has 13 heavy (non-hydrogen) atoms. The summed E-state index contributed by atoms with van der Waals surface area (Å²) in [5.74, 6) is 0. The fourth-order valence-electron chi connectivity index (χ4n) is 1.39. The van der Waals surface area contributed by atoms with Gasteiger partial charge in [-0.1, -0.05) is 13.3 Å². The highest BCUT2D eigenvalue weighted by Crippen LogP contribution is 2.22. The maximum absolute atomic E-state index is 4.39. The molecule has 0 aliphatic rings. The number of hydrogen-bond donors (Lipinski definition) is 1. The lowest BCUT2D eigenvalue weighted by atomic mass is 10.00. The monoisotopic (exact) mass is 198 g/mol. The minimum absolute atomic E-state index is 0.166. The van der Waals surface area contributed by atoms with Gasteiger partial charge in [0, 0.05) is 10.9 Å². The van der Waals surface area contributed by atoms with Gasteiger partial charge >= 0.3 is 0 Å². The first-order valence-electron chi connectivity index (χ1n) is 4.74. The third-order valence-electron chi connectivity index (χ3n) is 1.94. The molecule has 0 aliphatic carbocycles. The van der Waals surface area contributed by atoms with Crippen molar-refractivity contribution in [1.29, 1.82) is 0 Å². The van der Waals surface area contributed by atoms with Crippen LogP contribution in [0.5, 0.6) is 0 Å². The average molecular weight is 198 g/mol. The van der Waals surface area contributed by atoms with Crippen LogP contribution in [0.4, 0.5) is 5.13 Å². The summed E-state index contributed by atoms with van der Waals surface area (Å²) in [6.45, 7) is 8.66. The summed E-state index contributed by atoms with van der Waals surface area (Å²) < 4.78 is 0. The van der Waals surface area contributed by atoms with E-state index in [2.05, 4.69) is 36.5 Å². The molecule has 1 aromatic heterocycles. The van der Waals surface area contributed by atoms with E-state index < -0.39 is 0 Å². The lowest BCUT2D eigenvalue weighted by Gasteiger charge is -2.25. The maximum atomic E-state index is 4.39. The molecule has 0 unspecified atom stereocenters. The molecule has 1 N–H and O–H groups in total. The van der Waals surface area contributed by atoms with Gasteiger partial charge in [0.15, 0.2) is 5.13 Å². The van der Waals surface area contributed by atoms with E-state index >= 15 is 0 Å². The molecule has 0 saturated carbocycles. The van der Waals surface area contributed by atoms with Gasteiger partial charge in [0.2, 0.25) is 0 Å². The number of thiazole rings is 1. The second-order valence-corrected chi connectivity index (χ2v) is 4.91. The summed E-state index contributed by atoms with van der Waals surface area (Å²) in [5.41, 5.74) is 1.26. The first-order chi connectivity index (χ1) is 6.03. The van der Waals surface area contributed by atoms with Crippen LogP contribution in [0.2, 0.25) is 0 Å². The largest absolute Gasteiger partial charge is 0.357 e. The normalized spacial score (nSPS) is 11.7. The van der Waals surface area contributed by atoms with Crippen molar-refractivity contribution in [3.63, 3.8) is 0 Å². The van der Waals surface area contributed by atoms with Crippen molar-refractivity contribution in [2.75, 3.05) is 5.32 Å². The summed E-state index contributed by atoms with van der Waals surface area (Å²) in [4.78, 5) is 4.39. The predicted octanol–water partition coefficient (Wildman–Crippen LogP) is 3.44. The van der Waals surface area contributed by atoms with Gasteiger partial charge < -0.3 is 5.32 Å². The van der Waals surface area contributed by atoms with Gasteiger partial charge in [-0.3, -0.25) is 0 Å². The van der Waals surface area contributed by atoms with Crippen molar-refractivity contribution in [3.8, 4) is 0 Å². The van der Waals surface area contributed by atoms with Crippen LogP contribution in [-0.4, -0.2) is 10.5 Å². The molecule has 0 atom stereocenters. The topological polar surface area (TPSA) is 24.9 Å². The summed E-state index contributed by atoms with van der Waals surface area (Å²) >= 11 is 1.68. The summed E-state index contributed by atoms with van der Waals surface area (Å²) in [6.07, 6.45) is 2.37. The Labute approximate surface area is 84.4 Å². The van der Waals surface area contributed by atoms with Crippen LogP contribution in [0, 0.1) is 6.92 Å². The Morgan fingerprint density at radius 1 is 1.54 bits per heavy atom. The van der Waals surface area contributed by atoms with Crippen molar-refractivity contribution in [3.05, 3.63) is 11.1 Å². The van der Waals surface area contributed by atoms with E-state index in [0.29, 0.717) is 0 Å². The van der Waals surface area contributed by atoms with Crippen LogP contribution in [0.25, 0.3) is 0 Å². The van der Waals surface area contributed by atoms with Gasteiger partial charge in [0.1, 0.15) is 0 Å². The lowest BCUT2D eigenvalue weighted by molar-refractivity contribution is 0.510. The Bertz CT molecular complexity index is 266. The van der Waals surface area contributed by atoms with Crippen LogP contribution in [0.3, 0.4) is 0 Å². The summed E-state index contributed by atoms with van der Waals surface area (Å²) in [7, 11) is 0. The van der Waals surface area contributed by atoms with Crippen molar-refractivity contribution < 1.29 is 0 Å². The zero-order valence-electron chi connectivity index (χ0n) is 8.85. The van der Waals surface area contributed by atoms with E-state index in [9.17, 15) is 0 Å². The van der Waals surface area contributed by atoms with Crippen LogP contribution in [0.1, 0.15) is 39.3 Å². The smallest absolute Gasteiger partial charge is 0.183 e. The molecular formula is C10H18N2S. The zero-order chi connectivity index (χ0) is 9.90. The average Bonchev–Trinajstić information content (AvgIpc) is 2.34. The zero-order valence-corrected chi connectivity index (χ0v) is 9.66. The minimum atomic E-state index is 0.166. The Balaban J connectivity index is 2.57. The molecule has 0 bridgehead atoms. The minimum Gasteiger partial charge on any atom is -0.357 e. The third-order valence-corrected chi connectivity index (χ3v) is 2.81. The van der Waals surface area contributed by atoms with Crippen molar-refractivity contribution >= 4 is 16.5 Å². The molecule has 0 aliphatic heterocycles. The molecule has 1 aromatic rings. The second kappa shape index (κ2) is 4.09. The molecule has 0 spiro atoms. The van der Waals surface area contributed by atoms with Crippen LogP contribution in [0.15, 0.2) is 5.38 Å². The number of nitrogens with one attached hydrogen (secondary N) is 1. The summed E-state index contributed by atoms with van der Waals surface area (Å²) in [6, 6.07) is 0. The first-order valence-corrected chi connectivity index (χ1v) is 5.62. The van der Waals surface area contributed by atoms with E-state index in [-0.39, 0.29) is 5.54 Å². The highest BCUT2D eigenvalue weighted by atomic mass is 32.1. The fraction of sp³-hybridized carbons (Fsp3) is 0.700. The molecule has 0 aromatic carbocycles. The quantitative estimate of drug-likeness (QED) is 0.801. The molecule has 0 saturated heterocycles. The highest BCUT2D eigenvalue weighted by Gasteiger charge is 2.16. The standard InChI is InChI=1S/C10H18N2S/c1-5-6-10(3,4)12-9-11-8(2)7-13-9/h7H,5-6H2,1-4H3,(H,11,12). The first kappa shape index (κ1) is 10.5. The van der Waals surface area contributed by atoms with Gasteiger partial charge in [0.05, 0.1) is 5.69 Å². The molecule has 1 rings (SSSR count). The van der Waals surface area contributed by atoms with E-state index in [1.165, 1.54) is 12.8 Å². The van der Waals surface area contributed by atoms with Crippen LogP contribution < -0.4 is 5.32 Å². The number of aryl methyl sites for hydroxylation is 1. The predicted molar refractivity (Wildman–Crippen MR) is 59.5 cm³/mol. The molecule has 3 heteroatoms. The molecule has 1 heterocycles. The van der Waals surface area contributed by atoms with Crippen molar-refractivity contribution in [1.82, 2.24) is 4.98 Å². The lowest BCUT2D eigenvalue weighted by Crippen LogP contribution is -2.30. The summed E-state index contributed by atoms with van der Waals surface area (Å²) in [5, 5.41) is 6.56. The SMILES string of the molecule is CCCC(C)(C)Nc1nc(C)cs1. The number of anilines is 1. The van der Waals surface area contributed by atoms with E-state index in [0.717, 1.165) is 10.8 Å². The highest BCUT2D eigenvalue weighted by molar-refractivity contribution is 7.13. The van der Waals surface area contributed by atoms with Crippen LogP contribution in [-0.2, 0) is 0 Å². The molecule has 74 valence electrons. The van der Waals surface area contributed by atoms with Crippen molar-refractivity contribution in [2.24, 2.45) is 0 Å². The maximum Gasteiger partial charge on any atom is 0.183 e. The Kier molecular flexibility index (Phi) is 3.31. The Morgan fingerprint density at radius 3 is 2.69 bits per heavy atom. The number of rotatable bonds is 4. The van der Waals surface area contributed by atoms with Gasteiger partial charge in [-0.2, -0.15) is 0 Å². The van der Waals surface area contributed by atoms with E-state index in [1.807, 2.05) is 6.92 Å². The number of hydrogen-bond acceptors (Lipinski definition) is 3. The number of aromatic nitrogens is 1. The third kappa shape index (κ3) is 3.35. The molecular weight excluding hydrogens is 180 g/mol. The molecule has 2 nitrogen and oxygen atoms in total. The Morgan fingerprint density at radius 2 is 2.23 bits per heavy atom. The van der Waals surface area contributed by atoms with Crippen molar-refractivity contribution in [2.45, 2.75) is 46.1 Å². The van der Waals surface area contributed by atoms with Crippen LogP contribution >= 0.6 is 11.3 Å². The van der Waals surface area contributed by atoms with E-state index in [4.69, 9.17) is 0 Å². The van der Waals surface area contributed by atoms with E-state index in [1.54, 1.807) is 11.3 Å². The molecule has 0 amide bonds. The Hall–Kier alpha value is -0.570. The van der Waals surface area contributed by atoms with Gasteiger partial charge in [-0.25, -0.2) is 4.98 Å². The fourth-order valence-corrected chi connectivity index (χ4v) is 2.26. The van der Waals surface area contributed by atoms with Gasteiger partial charge in [-0.15, -0.1) is 11.3 Å². The number of nitrogens with zero attached hydrogens (tertiary/aromatic N) is 1.